The van der Waals surface area contributed by atoms with Gasteiger partial charge in [-0.2, -0.15) is 0 Å². The van der Waals surface area contributed by atoms with E-state index >= 15 is 0 Å². The second-order valence-electron chi connectivity index (χ2n) is 4.34. The molecular weight excluding hydrogens is 196 g/mol. The van der Waals surface area contributed by atoms with Crippen LogP contribution in [0.2, 0.25) is 0 Å². The number of hydrogen-bond donors (Lipinski definition) is 2. The molecule has 0 saturated heterocycles. The van der Waals surface area contributed by atoms with Crippen LogP contribution < -0.4 is 10.8 Å². The minimum absolute atomic E-state index is 0.165. The first-order chi connectivity index (χ1) is 6.79. The Morgan fingerprint density at radius 2 is 1.87 bits per heavy atom. The minimum atomic E-state index is -0.594. The van der Waals surface area contributed by atoms with E-state index in [1.54, 1.807) is 34.6 Å². The average molecular weight is 216 g/mol. The van der Waals surface area contributed by atoms with Gasteiger partial charge in [0.1, 0.15) is 6.04 Å². The van der Waals surface area contributed by atoms with Crippen LogP contribution in [0.3, 0.4) is 0 Å². The predicted molar refractivity (Wildman–Crippen MR) is 56.8 cm³/mol. The van der Waals surface area contributed by atoms with Crippen LogP contribution in [0.1, 0.15) is 34.6 Å². The number of hydrogen-bond acceptors (Lipinski definition) is 3. The normalized spacial score (nSPS) is 13.1. The first-order valence-electron chi connectivity index (χ1n) is 5.01. The highest BCUT2D eigenvalue weighted by Crippen LogP contribution is 2.12. The highest BCUT2D eigenvalue weighted by Gasteiger charge is 2.24. The molecule has 5 heteroatoms. The fourth-order valence-electron chi connectivity index (χ4n) is 0.710. The van der Waals surface area contributed by atoms with Gasteiger partial charge in [-0.1, -0.05) is 20.8 Å². The molecular formula is C10H20N2O3. The van der Waals surface area contributed by atoms with Crippen LogP contribution in [-0.2, 0) is 14.4 Å². The maximum atomic E-state index is 11.5. The zero-order valence-corrected chi connectivity index (χ0v) is 10.0. The number of nitrogens with one attached hydrogen (secondary N) is 2. The third-order valence-electron chi connectivity index (χ3n) is 1.74. The van der Waals surface area contributed by atoms with Crippen molar-refractivity contribution >= 4 is 11.8 Å². The standard InChI is InChI=1S/C10H20N2O3/c1-6-15-12-8(13)7(2)11-9(14)10(3,4)5/h7H,6H2,1-5H3,(H,11,14)(H,12,13). The highest BCUT2D eigenvalue weighted by atomic mass is 16.6. The fourth-order valence-corrected chi connectivity index (χ4v) is 0.710. The van der Waals surface area contributed by atoms with E-state index in [2.05, 4.69) is 10.8 Å². The number of carbonyl (C=O) groups is 2. The van der Waals surface area contributed by atoms with Crippen LogP contribution in [0.5, 0.6) is 0 Å². The van der Waals surface area contributed by atoms with Crippen molar-refractivity contribution in [3.8, 4) is 0 Å². The van der Waals surface area contributed by atoms with Gasteiger partial charge in [0.25, 0.3) is 5.91 Å². The zero-order valence-electron chi connectivity index (χ0n) is 10.0. The van der Waals surface area contributed by atoms with Crippen LogP contribution in [0.25, 0.3) is 0 Å². The summed E-state index contributed by atoms with van der Waals surface area (Å²) in [4.78, 5) is 27.6. The third-order valence-corrected chi connectivity index (χ3v) is 1.74. The van der Waals surface area contributed by atoms with Crippen molar-refractivity contribution in [2.24, 2.45) is 5.41 Å². The smallest absolute Gasteiger partial charge is 0.265 e. The Morgan fingerprint density at radius 3 is 2.27 bits per heavy atom. The largest absolute Gasteiger partial charge is 0.344 e. The topological polar surface area (TPSA) is 67.4 Å². The Hall–Kier alpha value is -1.10. The zero-order chi connectivity index (χ0) is 12.1. The molecule has 0 aromatic heterocycles. The number of carbonyl (C=O) groups excluding carboxylic acids is 2. The first kappa shape index (κ1) is 13.9. The molecule has 0 rings (SSSR count). The molecule has 0 heterocycles. The summed E-state index contributed by atoms with van der Waals surface area (Å²) >= 11 is 0. The van der Waals surface area contributed by atoms with E-state index in [-0.39, 0.29) is 11.8 Å². The van der Waals surface area contributed by atoms with Gasteiger partial charge in [-0.3, -0.25) is 14.4 Å². The van der Waals surface area contributed by atoms with Crippen molar-refractivity contribution in [1.29, 1.82) is 0 Å². The van der Waals surface area contributed by atoms with Crippen molar-refractivity contribution in [3.05, 3.63) is 0 Å². The molecule has 0 aromatic rings. The number of rotatable bonds is 4. The van der Waals surface area contributed by atoms with Gasteiger partial charge in [-0.25, -0.2) is 5.48 Å². The molecule has 88 valence electrons. The highest BCUT2D eigenvalue weighted by molar-refractivity contribution is 5.88. The van der Waals surface area contributed by atoms with Crippen LogP contribution >= 0.6 is 0 Å². The van der Waals surface area contributed by atoms with E-state index in [0.29, 0.717) is 6.61 Å². The summed E-state index contributed by atoms with van der Waals surface area (Å²) in [7, 11) is 0. The average Bonchev–Trinajstić information content (AvgIpc) is 2.12. The van der Waals surface area contributed by atoms with Crippen molar-refractivity contribution in [3.63, 3.8) is 0 Å². The van der Waals surface area contributed by atoms with Gasteiger partial charge < -0.3 is 5.32 Å². The lowest BCUT2D eigenvalue weighted by Gasteiger charge is -2.21. The van der Waals surface area contributed by atoms with E-state index in [1.807, 2.05) is 0 Å². The van der Waals surface area contributed by atoms with Crippen molar-refractivity contribution in [2.75, 3.05) is 6.61 Å². The molecule has 0 radical (unpaired) electrons. The lowest BCUT2D eigenvalue weighted by Crippen LogP contribution is -2.48. The minimum Gasteiger partial charge on any atom is -0.344 e. The van der Waals surface area contributed by atoms with E-state index in [0.717, 1.165) is 0 Å². The summed E-state index contributed by atoms with van der Waals surface area (Å²) in [6.07, 6.45) is 0. The van der Waals surface area contributed by atoms with Crippen LogP contribution in [0, 0.1) is 5.41 Å². The van der Waals surface area contributed by atoms with E-state index in [4.69, 9.17) is 4.84 Å². The van der Waals surface area contributed by atoms with Gasteiger partial charge in [-0.15, -0.1) is 0 Å². The van der Waals surface area contributed by atoms with Gasteiger partial charge in [0.2, 0.25) is 5.91 Å². The van der Waals surface area contributed by atoms with Crippen LogP contribution in [-0.4, -0.2) is 24.5 Å². The van der Waals surface area contributed by atoms with Crippen molar-refractivity contribution in [2.45, 2.75) is 40.7 Å². The number of amides is 2. The summed E-state index contributed by atoms with van der Waals surface area (Å²) in [5, 5.41) is 2.60. The maximum Gasteiger partial charge on any atom is 0.265 e. The molecule has 0 aliphatic heterocycles. The fraction of sp³-hybridized carbons (Fsp3) is 0.800. The van der Waals surface area contributed by atoms with Gasteiger partial charge in [-0.05, 0) is 13.8 Å². The Kier molecular flexibility index (Phi) is 5.28. The van der Waals surface area contributed by atoms with E-state index < -0.39 is 11.5 Å². The Balaban J connectivity index is 4.08. The summed E-state index contributed by atoms with van der Waals surface area (Å²) in [5.74, 6) is -0.518. The van der Waals surface area contributed by atoms with Crippen molar-refractivity contribution < 1.29 is 14.4 Å². The second-order valence-corrected chi connectivity index (χ2v) is 4.34. The molecule has 5 nitrogen and oxygen atoms in total. The Labute approximate surface area is 90.5 Å². The molecule has 0 fully saturated rings. The molecule has 0 aliphatic rings. The van der Waals surface area contributed by atoms with Gasteiger partial charge in [0.15, 0.2) is 0 Å². The summed E-state index contributed by atoms with van der Waals surface area (Å²) < 4.78 is 0. The molecule has 2 amide bonds. The predicted octanol–water partition coefficient (Wildman–Crippen LogP) is 0.605. The second kappa shape index (κ2) is 5.70. The summed E-state index contributed by atoms with van der Waals surface area (Å²) in [6, 6.07) is -0.594. The first-order valence-corrected chi connectivity index (χ1v) is 5.01. The SMILES string of the molecule is CCONC(=O)C(C)NC(=O)C(C)(C)C. The Bertz CT molecular complexity index is 233. The summed E-state index contributed by atoms with van der Waals surface area (Å²) in [6.45, 7) is 9.13. The molecule has 0 aromatic carbocycles. The van der Waals surface area contributed by atoms with Crippen LogP contribution in [0.4, 0.5) is 0 Å². The van der Waals surface area contributed by atoms with E-state index in [9.17, 15) is 9.59 Å². The lowest BCUT2D eigenvalue weighted by molar-refractivity contribution is -0.139. The van der Waals surface area contributed by atoms with E-state index in [1.165, 1.54) is 0 Å². The monoisotopic (exact) mass is 216 g/mol. The molecule has 0 saturated carbocycles. The molecule has 0 aliphatic carbocycles. The van der Waals surface area contributed by atoms with Gasteiger partial charge in [0, 0.05) is 5.41 Å². The third kappa shape index (κ3) is 5.37. The summed E-state index contributed by atoms with van der Waals surface area (Å²) in [5.41, 5.74) is 1.74. The van der Waals surface area contributed by atoms with Gasteiger partial charge in [0.05, 0.1) is 6.61 Å². The maximum absolute atomic E-state index is 11.5. The van der Waals surface area contributed by atoms with Gasteiger partial charge >= 0.3 is 0 Å². The van der Waals surface area contributed by atoms with Crippen molar-refractivity contribution in [1.82, 2.24) is 10.8 Å². The molecule has 0 spiro atoms. The number of hydroxylamine groups is 1. The lowest BCUT2D eigenvalue weighted by atomic mass is 9.95. The van der Waals surface area contributed by atoms with Crippen LogP contribution in [0.15, 0.2) is 0 Å². The Morgan fingerprint density at radius 1 is 1.33 bits per heavy atom. The molecule has 0 bridgehead atoms. The quantitative estimate of drug-likeness (QED) is 0.676. The molecule has 15 heavy (non-hydrogen) atoms. The molecule has 1 unspecified atom stereocenters. The molecule has 1 atom stereocenters. The molecule has 2 N–H and O–H groups in total.